The van der Waals surface area contributed by atoms with Crippen LogP contribution in [-0.2, 0) is 31.3 Å². The van der Waals surface area contributed by atoms with Crippen LogP contribution in [0.2, 0.25) is 0 Å². The number of nitrogens with zero attached hydrogens (tertiary/aromatic N) is 1. The van der Waals surface area contributed by atoms with Gasteiger partial charge in [0.1, 0.15) is 0 Å². The van der Waals surface area contributed by atoms with Crippen molar-refractivity contribution in [2.24, 2.45) is 27.9 Å². The molecule has 0 fully saturated rings. The van der Waals surface area contributed by atoms with Crippen molar-refractivity contribution in [1.82, 2.24) is 10.0 Å². The number of hydrogen-bond acceptors (Lipinski definition) is 6. The fourth-order valence-electron chi connectivity index (χ4n) is 4.42. The number of carbonyl (C=O) groups is 1. The average Bonchev–Trinajstić information content (AvgIpc) is 3.20. The SMILES string of the molecule is CC(CCCc1ccc(S(N)(=O)=O)cc1)C(CCCNS(C)(=O)=O)C(=O)NC1=CN=C2C=CC=CC12. The highest BCUT2D eigenvalue weighted by atomic mass is 32.2. The first kappa shape index (κ1) is 28.0. The smallest absolute Gasteiger partial charge is 0.238 e. The van der Waals surface area contributed by atoms with Gasteiger partial charge in [-0.1, -0.05) is 37.3 Å². The van der Waals surface area contributed by atoms with Gasteiger partial charge in [-0.25, -0.2) is 26.7 Å². The van der Waals surface area contributed by atoms with Crippen LogP contribution >= 0.6 is 0 Å². The molecule has 3 atom stereocenters. The Balaban J connectivity index is 1.59. The van der Waals surface area contributed by atoms with Crippen LogP contribution in [0.3, 0.4) is 0 Å². The maximum Gasteiger partial charge on any atom is 0.238 e. The number of aryl methyl sites for hydroxylation is 1. The Hall–Kier alpha value is -2.60. The molecule has 1 aromatic rings. The molecule has 9 nitrogen and oxygen atoms in total. The largest absolute Gasteiger partial charge is 0.327 e. The molecule has 0 spiro atoms. The summed E-state index contributed by atoms with van der Waals surface area (Å²) in [6.07, 6.45) is 14.0. The number of nitrogens with two attached hydrogens (primary N) is 1. The highest BCUT2D eigenvalue weighted by molar-refractivity contribution is 7.89. The van der Waals surface area contributed by atoms with Gasteiger partial charge in [-0.2, -0.15) is 0 Å². The number of sulfonamides is 2. The molecule has 3 rings (SSSR count). The Kier molecular flexibility index (Phi) is 9.40. The highest BCUT2D eigenvalue weighted by Gasteiger charge is 2.29. The molecule has 36 heavy (non-hydrogen) atoms. The highest BCUT2D eigenvalue weighted by Crippen LogP contribution is 2.27. The zero-order valence-electron chi connectivity index (χ0n) is 20.6. The number of hydrogen-bond donors (Lipinski definition) is 3. The van der Waals surface area contributed by atoms with E-state index < -0.39 is 20.0 Å². The van der Waals surface area contributed by atoms with Crippen LogP contribution < -0.4 is 15.2 Å². The standard InChI is InChI=1S/C25H34N4O5S2/c1-18(7-5-8-19-12-14-20(15-13-19)36(26,33)34)21(10-6-16-28-35(2,31)32)25(30)29-24-17-27-23-11-4-3-9-22(23)24/h3-4,9,11-15,17-18,21-22,28H,5-8,10,16H2,1-2H3,(H,29,30)(H2,26,33,34). The monoisotopic (exact) mass is 534 g/mol. The fraction of sp³-hybridized carbons (Fsp3) is 0.440. The topological polar surface area (TPSA) is 148 Å². The second-order valence-corrected chi connectivity index (χ2v) is 12.7. The van der Waals surface area contributed by atoms with Crippen molar-refractivity contribution in [1.29, 1.82) is 0 Å². The Morgan fingerprint density at radius 1 is 1.08 bits per heavy atom. The first-order chi connectivity index (χ1) is 16.9. The molecule has 0 bridgehead atoms. The zero-order chi connectivity index (χ0) is 26.3. The zero-order valence-corrected chi connectivity index (χ0v) is 22.2. The van der Waals surface area contributed by atoms with Crippen LogP contribution in [0.1, 0.15) is 38.2 Å². The van der Waals surface area contributed by atoms with Gasteiger partial charge in [0, 0.05) is 24.4 Å². The number of aliphatic imine (C=N–C) groups is 1. The number of primary sulfonamides is 1. The third-order valence-corrected chi connectivity index (χ3v) is 8.07. The van der Waals surface area contributed by atoms with E-state index in [4.69, 9.17) is 5.14 Å². The Bertz CT molecular complexity index is 1280. The molecule has 11 heteroatoms. The number of benzene rings is 1. The van der Waals surface area contributed by atoms with Crippen molar-refractivity contribution in [3.63, 3.8) is 0 Å². The molecular formula is C25H34N4O5S2. The predicted molar refractivity (Wildman–Crippen MR) is 141 cm³/mol. The molecule has 4 N–H and O–H groups in total. The lowest BCUT2D eigenvalue weighted by molar-refractivity contribution is -0.126. The number of carbonyl (C=O) groups excluding carboxylic acids is 1. The van der Waals surface area contributed by atoms with Gasteiger partial charge in [0.2, 0.25) is 26.0 Å². The normalized spacial score (nSPS) is 18.8. The van der Waals surface area contributed by atoms with Crippen molar-refractivity contribution in [2.45, 2.75) is 43.9 Å². The van der Waals surface area contributed by atoms with Crippen molar-refractivity contribution in [2.75, 3.05) is 12.8 Å². The van der Waals surface area contributed by atoms with Crippen LogP contribution in [0.4, 0.5) is 0 Å². The lowest BCUT2D eigenvalue weighted by Crippen LogP contribution is -2.36. The first-order valence-corrected chi connectivity index (χ1v) is 15.4. The molecule has 0 saturated heterocycles. The van der Waals surface area contributed by atoms with E-state index in [2.05, 4.69) is 15.0 Å². The van der Waals surface area contributed by atoms with Crippen LogP contribution in [0.5, 0.6) is 0 Å². The Labute approximate surface area is 213 Å². The lowest BCUT2D eigenvalue weighted by Gasteiger charge is -2.25. The van der Waals surface area contributed by atoms with E-state index in [-0.39, 0.29) is 35.1 Å². The molecule has 0 radical (unpaired) electrons. The van der Waals surface area contributed by atoms with E-state index in [1.54, 1.807) is 18.3 Å². The summed E-state index contributed by atoms with van der Waals surface area (Å²) in [5, 5.41) is 8.21. The molecular weight excluding hydrogens is 500 g/mol. The van der Waals surface area contributed by atoms with Crippen LogP contribution in [0.25, 0.3) is 0 Å². The maximum atomic E-state index is 13.3. The van der Waals surface area contributed by atoms with Gasteiger partial charge < -0.3 is 5.32 Å². The number of amides is 1. The molecule has 1 aromatic carbocycles. The molecule has 2 aliphatic rings. The molecule has 1 aliphatic heterocycles. The van der Waals surface area contributed by atoms with Crippen molar-refractivity contribution < 1.29 is 21.6 Å². The van der Waals surface area contributed by atoms with E-state index in [9.17, 15) is 21.6 Å². The lowest BCUT2D eigenvalue weighted by atomic mass is 9.84. The molecule has 1 heterocycles. The van der Waals surface area contributed by atoms with E-state index >= 15 is 0 Å². The second-order valence-electron chi connectivity index (χ2n) is 9.32. The van der Waals surface area contributed by atoms with E-state index in [0.29, 0.717) is 12.8 Å². The second kappa shape index (κ2) is 12.1. The molecule has 0 saturated carbocycles. The summed E-state index contributed by atoms with van der Waals surface area (Å²) >= 11 is 0. The quantitative estimate of drug-likeness (QED) is 0.332. The maximum absolute atomic E-state index is 13.3. The number of rotatable bonds is 13. The van der Waals surface area contributed by atoms with Gasteiger partial charge in [0.05, 0.1) is 22.8 Å². The number of nitrogens with one attached hydrogen (secondary N) is 2. The third kappa shape index (κ3) is 8.22. The predicted octanol–water partition coefficient (Wildman–Crippen LogP) is 2.39. The summed E-state index contributed by atoms with van der Waals surface area (Å²) in [5.74, 6) is -0.396. The third-order valence-electron chi connectivity index (χ3n) is 6.41. The summed E-state index contributed by atoms with van der Waals surface area (Å²) in [6, 6.07) is 6.50. The number of allylic oxidation sites excluding steroid dienone is 4. The van der Waals surface area contributed by atoms with E-state index in [1.807, 2.05) is 31.2 Å². The van der Waals surface area contributed by atoms with Crippen molar-refractivity contribution in [3.8, 4) is 0 Å². The van der Waals surface area contributed by atoms with Gasteiger partial charge in [0.15, 0.2) is 0 Å². The summed E-state index contributed by atoms with van der Waals surface area (Å²) in [6.45, 7) is 2.31. The summed E-state index contributed by atoms with van der Waals surface area (Å²) < 4.78 is 48.2. The summed E-state index contributed by atoms with van der Waals surface area (Å²) in [7, 11) is -7.01. The van der Waals surface area contributed by atoms with Crippen molar-refractivity contribution >= 4 is 31.7 Å². The minimum Gasteiger partial charge on any atom is -0.327 e. The minimum atomic E-state index is -3.72. The Morgan fingerprint density at radius 2 is 1.81 bits per heavy atom. The molecule has 196 valence electrons. The van der Waals surface area contributed by atoms with Gasteiger partial charge in [-0.15, -0.1) is 0 Å². The van der Waals surface area contributed by atoms with Crippen LogP contribution in [-0.4, -0.2) is 41.3 Å². The van der Waals surface area contributed by atoms with Gasteiger partial charge >= 0.3 is 0 Å². The molecule has 3 unspecified atom stereocenters. The van der Waals surface area contributed by atoms with Gasteiger partial charge in [-0.3, -0.25) is 9.79 Å². The fourth-order valence-corrected chi connectivity index (χ4v) is 5.45. The summed E-state index contributed by atoms with van der Waals surface area (Å²) in [4.78, 5) is 17.8. The van der Waals surface area contributed by atoms with Crippen molar-refractivity contribution in [3.05, 3.63) is 66.0 Å². The van der Waals surface area contributed by atoms with Gasteiger partial charge in [-0.05, 0) is 61.8 Å². The summed E-state index contributed by atoms with van der Waals surface area (Å²) in [5.41, 5.74) is 2.63. The molecule has 0 aromatic heterocycles. The van der Waals surface area contributed by atoms with Crippen LogP contribution in [0, 0.1) is 17.8 Å². The average molecular weight is 535 g/mol. The first-order valence-electron chi connectivity index (χ1n) is 11.9. The van der Waals surface area contributed by atoms with E-state index in [0.717, 1.165) is 42.5 Å². The van der Waals surface area contributed by atoms with Crippen LogP contribution in [0.15, 0.2) is 70.4 Å². The Morgan fingerprint density at radius 3 is 2.47 bits per heavy atom. The van der Waals surface area contributed by atoms with E-state index in [1.165, 1.54) is 12.1 Å². The number of fused-ring (bicyclic) bond motifs is 1. The van der Waals surface area contributed by atoms with Gasteiger partial charge in [0.25, 0.3) is 0 Å². The molecule has 1 amide bonds. The minimum absolute atomic E-state index is 0.0520. The molecule has 1 aliphatic carbocycles.